The minimum absolute atomic E-state index is 0.506. The highest BCUT2D eigenvalue weighted by molar-refractivity contribution is 6.31. The molecule has 0 aliphatic rings. The average Bonchev–Trinajstić information content (AvgIpc) is 2.27. The van der Waals surface area contributed by atoms with E-state index in [1.165, 1.54) is 0 Å². The van der Waals surface area contributed by atoms with Gasteiger partial charge in [-0.25, -0.2) is 4.98 Å². The van der Waals surface area contributed by atoms with Gasteiger partial charge in [-0.05, 0) is 36.8 Å². The van der Waals surface area contributed by atoms with Crippen LogP contribution >= 0.6 is 23.2 Å². The minimum Gasteiger partial charge on any atom is -0.439 e. The molecule has 0 radical (unpaired) electrons. The number of nitrogens with zero attached hydrogens (tertiary/aromatic N) is 1. The van der Waals surface area contributed by atoms with Crippen molar-refractivity contribution in [3.63, 3.8) is 0 Å². The second kappa shape index (κ2) is 4.73. The SMILES string of the molecule is Cc1cc(Oc2ccc(Cl)cn2)ccc1Cl. The van der Waals surface area contributed by atoms with E-state index in [9.17, 15) is 0 Å². The lowest BCUT2D eigenvalue weighted by Gasteiger charge is -2.06. The smallest absolute Gasteiger partial charge is 0.219 e. The van der Waals surface area contributed by atoms with Crippen molar-refractivity contribution in [2.75, 3.05) is 0 Å². The van der Waals surface area contributed by atoms with Gasteiger partial charge in [0.2, 0.25) is 5.88 Å². The van der Waals surface area contributed by atoms with E-state index < -0.39 is 0 Å². The first-order valence-electron chi connectivity index (χ1n) is 4.71. The van der Waals surface area contributed by atoms with E-state index in [0.29, 0.717) is 16.7 Å². The molecule has 0 fully saturated rings. The Morgan fingerprint density at radius 2 is 1.94 bits per heavy atom. The highest BCUT2D eigenvalue weighted by Crippen LogP contribution is 2.25. The van der Waals surface area contributed by atoms with Gasteiger partial charge >= 0.3 is 0 Å². The largest absolute Gasteiger partial charge is 0.439 e. The fourth-order valence-corrected chi connectivity index (χ4v) is 1.45. The third-order valence-electron chi connectivity index (χ3n) is 2.05. The van der Waals surface area contributed by atoms with Gasteiger partial charge in [0, 0.05) is 17.3 Å². The molecule has 0 bridgehead atoms. The predicted octanol–water partition coefficient (Wildman–Crippen LogP) is 4.49. The van der Waals surface area contributed by atoms with E-state index in [2.05, 4.69) is 4.98 Å². The molecule has 2 nitrogen and oxygen atoms in total. The van der Waals surface area contributed by atoms with Crippen LogP contribution in [0, 0.1) is 6.92 Å². The summed E-state index contributed by atoms with van der Waals surface area (Å²) in [6.45, 7) is 1.92. The van der Waals surface area contributed by atoms with Crippen LogP contribution in [0.15, 0.2) is 36.5 Å². The van der Waals surface area contributed by atoms with Crippen LogP contribution < -0.4 is 4.74 Å². The summed E-state index contributed by atoms with van der Waals surface area (Å²) in [5.41, 5.74) is 0.966. The van der Waals surface area contributed by atoms with Crippen LogP contribution in [0.25, 0.3) is 0 Å². The number of rotatable bonds is 2. The summed E-state index contributed by atoms with van der Waals surface area (Å²) in [6, 6.07) is 8.89. The Labute approximate surface area is 104 Å². The third kappa shape index (κ3) is 2.65. The molecule has 1 aromatic heterocycles. The molecule has 16 heavy (non-hydrogen) atoms. The second-order valence-corrected chi connectivity index (χ2v) is 4.17. The van der Waals surface area contributed by atoms with Crippen LogP contribution in [-0.4, -0.2) is 4.98 Å². The Bertz CT molecular complexity index is 497. The number of benzene rings is 1. The van der Waals surface area contributed by atoms with Gasteiger partial charge in [-0.1, -0.05) is 23.2 Å². The van der Waals surface area contributed by atoms with Gasteiger partial charge in [-0.2, -0.15) is 0 Å². The van der Waals surface area contributed by atoms with Crippen LogP contribution in [0.1, 0.15) is 5.56 Å². The Morgan fingerprint density at radius 3 is 2.56 bits per heavy atom. The number of aromatic nitrogens is 1. The van der Waals surface area contributed by atoms with Gasteiger partial charge in [0.15, 0.2) is 0 Å². The average molecular weight is 254 g/mol. The van der Waals surface area contributed by atoms with Crippen LogP contribution in [-0.2, 0) is 0 Å². The second-order valence-electron chi connectivity index (χ2n) is 3.33. The standard InChI is InChI=1S/C12H9Cl2NO/c1-8-6-10(3-4-11(8)14)16-12-5-2-9(13)7-15-12/h2-7H,1H3. The molecule has 0 aliphatic heterocycles. The zero-order valence-electron chi connectivity index (χ0n) is 8.58. The van der Waals surface area contributed by atoms with E-state index in [4.69, 9.17) is 27.9 Å². The monoisotopic (exact) mass is 253 g/mol. The lowest BCUT2D eigenvalue weighted by atomic mass is 10.2. The van der Waals surface area contributed by atoms with Crippen molar-refractivity contribution in [1.82, 2.24) is 4.98 Å². The molecule has 4 heteroatoms. The van der Waals surface area contributed by atoms with Crippen molar-refractivity contribution in [3.05, 3.63) is 52.1 Å². The summed E-state index contributed by atoms with van der Waals surface area (Å²) in [6.07, 6.45) is 1.54. The van der Waals surface area contributed by atoms with Gasteiger partial charge in [-0.3, -0.25) is 0 Å². The van der Waals surface area contributed by atoms with Crippen LogP contribution in [0.2, 0.25) is 10.0 Å². The number of halogens is 2. The summed E-state index contributed by atoms with van der Waals surface area (Å²) >= 11 is 11.6. The van der Waals surface area contributed by atoms with Gasteiger partial charge in [0.25, 0.3) is 0 Å². The van der Waals surface area contributed by atoms with Crippen molar-refractivity contribution < 1.29 is 4.74 Å². The molecular weight excluding hydrogens is 245 g/mol. The first-order valence-corrected chi connectivity index (χ1v) is 5.46. The Morgan fingerprint density at radius 1 is 1.12 bits per heavy atom. The summed E-state index contributed by atoms with van der Waals surface area (Å²) < 4.78 is 5.54. The summed E-state index contributed by atoms with van der Waals surface area (Å²) in [5.74, 6) is 1.21. The zero-order valence-corrected chi connectivity index (χ0v) is 10.1. The molecule has 2 aromatic rings. The Hall–Kier alpha value is -1.25. The molecule has 2 rings (SSSR count). The molecule has 0 amide bonds. The van der Waals surface area contributed by atoms with Gasteiger partial charge in [-0.15, -0.1) is 0 Å². The minimum atomic E-state index is 0.506. The van der Waals surface area contributed by atoms with Crippen molar-refractivity contribution in [3.8, 4) is 11.6 Å². The predicted molar refractivity (Wildman–Crippen MR) is 65.5 cm³/mol. The molecule has 82 valence electrons. The maximum absolute atomic E-state index is 5.92. The van der Waals surface area contributed by atoms with Crippen LogP contribution in [0.5, 0.6) is 11.6 Å². The fraction of sp³-hybridized carbons (Fsp3) is 0.0833. The van der Waals surface area contributed by atoms with Crippen molar-refractivity contribution in [2.24, 2.45) is 0 Å². The molecule has 0 spiro atoms. The van der Waals surface area contributed by atoms with E-state index in [0.717, 1.165) is 10.6 Å². The quantitative estimate of drug-likeness (QED) is 0.787. The van der Waals surface area contributed by atoms with E-state index in [1.807, 2.05) is 13.0 Å². The van der Waals surface area contributed by atoms with Crippen molar-refractivity contribution in [2.45, 2.75) is 6.92 Å². The van der Waals surface area contributed by atoms with E-state index in [-0.39, 0.29) is 0 Å². The number of hydrogen-bond donors (Lipinski definition) is 0. The molecule has 0 saturated heterocycles. The molecular formula is C12H9Cl2NO. The molecule has 0 unspecified atom stereocenters. The molecule has 0 N–H and O–H groups in total. The van der Waals surface area contributed by atoms with Crippen molar-refractivity contribution in [1.29, 1.82) is 0 Å². The highest BCUT2D eigenvalue weighted by Gasteiger charge is 2.01. The molecule has 0 atom stereocenters. The van der Waals surface area contributed by atoms with Crippen LogP contribution in [0.3, 0.4) is 0 Å². The number of ether oxygens (including phenoxy) is 1. The van der Waals surface area contributed by atoms with Gasteiger partial charge in [0.05, 0.1) is 5.02 Å². The molecule has 0 aliphatic carbocycles. The van der Waals surface area contributed by atoms with Gasteiger partial charge < -0.3 is 4.74 Å². The fourth-order valence-electron chi connectivity index (χ4n) is 1.22. The Balaban J connectivity index is 2.20. The Kier molecular flexibility index (Phi) is 3.32. The summed E-state index contributed by atoms with van der Waals surface area (Å²) in [7, 11) is 0. The molecule has 1 heterocycles. The van der Waals surface area contributed by atoms with Crippen molar-refractivity contribution >= 4 is 23.2 Å². The lowest BCUT2D eigenvalue weighted by molar-refractivity contribution is 0.462. The number of pyridine rings is 1. The van der Waals surface area contributed by atoms with Crippen LogP contribution in [0.4, 0.5) is 0 Å². The first kappa shape index (κ1) is 11.2. The highest BCUT2D eigenvalue weighted by atomic mass is 35.5. The topological polar surface area (TPSA) is 22.1 Å². The zero-order chi connectivity index (χ0) is 11.5. The number of aryl methyl sites for hydroxylation is 1. The normalized spacial score (nSPS) is 10.2. The third-order valence-corrected chi connectivity index (χ3v) is 2.70. The lowest BCUT2D eigenvalue weighted by Crippen LogP contribution is -1.87. The molecule has 1 aromatic carbocycles. The first-order chi connectivity index (χ1) is 7.65. The molecule has 0 saturated carbocycles. The maximum atomic E-state index is 5.92. The maximum Gasteiger partial charge on any atom is 0.219 e. The number of hydrogen-bond acceptors (Lipinski definition) is 2. The van der Waals surface area contributed by atoms with E-state index in [1.54, 1.807) is 30.5 Å². The van der Waals surface area contributed by atoms with E-state index >= 15 is 0 Å². The van der Waals surface area contributed by atoms with Gasteiger partial charge in [0.1, 0.15) is 5.75 Å². The summed E-state index contributed by atoms with van der Waals surface area (Å²) in [4.78, 5) is 4.04. The summed E-state index contributed by atoms with van der Waals surface area (Å²) in [5, 5.41) is 1.30.